The van der Waals surface area contributed by atoms with E-state index < -0.39 is 23.2 Å². The fourth-order valence-corrected chi connectivity index (χ4v) is 2.33. The molecule has 0 radical (unpaired) electrons. The van der Waals surface area contributed by atoms with Crippen LogP contribution in [0.5, 0.6) is 0 Å². The maximum Gasteiger partial charge on any atom is 0.417 e. The van der Waals surface area contributed by atoms with Crippen LogP contribution in [-0.2, 0) is 6.18 Å². The van der Waals surface area contributed by atoms with E-state index in [2.05, 4.69) is 5.32 Å². The summed E-state index contributed by atoms with van der Waals surface area (Å²) < 4.78 is 38.8. The Balaban J connectivity index is 2.15. The first-order valence-electron chi connectivity index (χ1n) is 7.25. The Bertz CT molecular complexity index is 782. The first kappa shape index (κ1) is 17.7. The highest BCUT2D eigenvalue weighted by Gasteiger charge is 2.34. The number of amides is 1. The summed E-state index contributed by atoms with van der Waals surface area (Å²) in [6.07, 6.45) is -4.63. The Kier molecular flexibility index (Phi) is 5.07. The molecule has 2 aromatic carbocycles. The molecule has 6 heteroatoms. The monoisotopic (exact) mass is 335 g/mol. The van der Waals surface area contributed by atoms with Crippen molar-refractivity contribution in [1.29, 1.82) is 0 Å². The van der Waals surface area contributed by atoms with Crippen molar-refractivity contribution in [2.75, 3.05) is 6.54 Å². The number of ketones is 1. The molecule has 0 atom stereocenters. The zero-order valence-corrected chi connectivity index (χ0v) is 13.2. The number of alkyl halides is 3. The van der Waals surface area contributed by atoms with Gasteiger partial charge in [-0.05, 0) is 37.1 Å². The van der Waals surface area contributed by atoms with Gasteiger partial charge in [-0.3, -0.25) is 9.59 Å². The van der Waals surface area contributed by atoms with Gasteiger partial charge in [0.2, 0.25) is 0 Å². The molecular weight excluding hydrogens is 319 g/mol. The molecule has 0 aliphatic heterocycles. The molecule has 24 heavy (non-hydrogen) atoms. The lowest BCUT2D eigenvalue weighted by molar-refractivity contribution is -0.137. The summed E-state index contributed by atoms with van der Waals surface area (Å²) in [7, 11) is 0. The van der Waals surface area contributed by atoms with Gasteiger partial charge in [-0.25, -0.2) is 0 Å². The highest BCUT2D eigenvalue weighted by Crippen LogP contribution is 2.31. The van der Waals surface area contributed by atoms with E-state index in [1.807, 2.05) is 13.0 Å². The fraction of sp³-hybridized carbons (Fsp3) is 0.222. The van der Waals surface area contributed by atoms with Gasteiger partial charge >= 0.3 is 6.18 Å². The van der Waals surface area contributed by atoms with Gasteiger partial charge in [0.05, 0.1) is 17.7 Å². The van der Waals surface area contributed by atoms with Crippen LogP contribution in [0.3, 0.4) is 0 Å². The number of carbonyl (C=O) groups is 2. The van der Waals surface area contributed by atoms with Crippen molar-refractivity contribution in [2.45, 2.75) is 20.0 Å². The van der Waals surface area contributed by atoms with Gasteiger partial charge in [0, 0.05) is 5.56 Å². The number of rotatable bonds is 4. The quantitative estimate of drug-likeness (QED) is 0.861. The second-order valence-electron chi connectivity index (χ2n) is 5.40. The molecule has 2 rings (SSSR count). The second kappa shape index (κ2) is 6.86. The fourth-order valence-electron chi connectivity index (χ4n) is 2.33. The van der Waals surface area contributed by atoms with Crippen LogP contribution in [0.4, 0.5) is 13.2 Å². The molecule has 2 aromatic rings. The predicted octanol–water partition coefficient (Wildman–Crippen LogP) is 3.93. The van der Waals surface area contributed by atoms with Gasteiger partial charge in [0.25, 0.3) is 5.91 Å². The summed E-state index contributed by atoms with van der Waals surface area (Å²) in [6.45, 7) is 3.27. The van der Waals surface area contributed by atoms with Crippen molar-refractivity contribution in [1.82, 2.24) is 5.32 Å². The number of benzene rings is 2. The van der Waals surface area contributed by atoms with Crippen molar-refractivity contribution in [3.63, 3.8) is 0 Å². The van der Waals surface area contributed by atoms with Gasteiger partial charge in [0.15, 0.2) is 5.78 Å². The average Bonchev–Trinajstić information content (AvgIpc) is 2.54. The Morgan fingerprint density at radius 2 is 1.58 bits per heavy atom. The van der Waals surface area contributed by atoms with Crippen LogP contribution in [0.1, 0.15) is 37.4 Å². The molecule has 0 fully saturated rings. The third kappa shape index (κ3) is 3.82. The van der Waals surface area contributed by atoms with Gasteiger partial charge in [-0.2, -0.15) is 13.2 Å². The lowest BCUT2D eigenvalue weighted by atomic mass is 10.00. The number of hydrogen-bond donors (Lipinski definition) is 1. The minimum absolute atomic E-state index is 0.353. The molecular formula is C18H16F3NO2. The van der Waals surface area contributed by atoms with Crippen molar-refractivity contribution < 1.29 is 22.8 Å². The molecule has 0 bridgehead atoms. The van der Waals surface area contributed by atoms with Crippen LogP contribution >= 0.6 is 0 Å². The van der Waals surface area contributed by atoms with Crippen molar-refractivity contribution in [2.24, 2.45) is 0 Å². The normalized spacial score (nSPS) is 11.2. The van der Waals surface area contributed by atoms with E-state index in [0.717, 1.165) is 23.3 Å². The van der Waals surface area contributed by atoms with Crippen molar-refractivity contribution in [3.05, 3.63) is 70.3 Å². The molecule has 126 valence electrons. The van der Waals surface area contributed by atoms with E-state index in [1.54, 1.807) is 19.1 Å². The van der Waals surface area contributed by atoms with E-state index >= 15 is 0 Å². The highest BCUT2D eigenvalue weighted by atomic mass is 19.4. The van der Waals surface area contributed by atoms with Crippen LogP contribution in [0.15, 0.2) is 42.5 Å². The first-order chi connectivity index (χ1) is 11.2. The number of halogens is 3. The van der Waals surface area contributed by atoms with E-state index in [9.17, 15) is 22.8 Å². The van der Waals surface area contributed by atoms with Crippen molar-refractivity contribution in [3.8, 4) is 0 Å². The highest BCUT2D eigenvalue weighted by molar-refractivity contribution is 6.03. The van der Waals surface area contributed by atoms with Crippen LogP contribution in [0, 0.1) is 13.8 Å². The van der Waals surface area contributed by atoms with Gasteiger partial charge in [-0.15, -0.1) is 0 Å². The molecule has 0 heterocycles. The topological polar surface area (TPSA) is 46.2 Å². The summed E-state index contributed by atoms with van der Waals surface area (Å²) in [6, 6.07) is 9.67. The molecule has 0 aliphatic rings. The van der Waals surface area contributed by atoms with Gasteiger partial charge < -0.3 is 5.32 Å². The number of aryl methyl sites for hydroxylation is 1. The van der Waals surface area contributed by atoms with Gasteiger partial charge in [-0.1, -0.05) is 30.3 Å². The number of carbonyl (C=O) groups excluding carboxylic acids is 2. The molecule has 0 unspecified atom stereocenters. The number of nitrogens with one attached hydrogen (secondary N) is 1. The SMILES string of the molecule is Cc1cccc(C(=O)CNC(=O)c2ccccc2C(F)(F)F)c1C. The summed E-state index contributed by atoms with van der Waals surface area (Å²) >= 11 is 0. The molecule has 0 saturated carbocycles. The van der Waals surface area contributed by atoms with Crippen LogP contribution in [0.2, 0.25) is 0 Å². The maximum absolute atomic E-state index is 12.9. The minimum atomic E-state index is -4.63. The standard InChI is InChI=1S/C18H16F3NO2/c1-11-6-5-8-13(12(11)2)16(23)10-22-17(24)14-7-3-4-9-15(14)18(19,20)21/h3-9H,10H2,1-2H3,(H,22,24). The van der Waals surface area contributed by atoms with Crippen LogP contribution in [0.25, 0.3) is 0 Å². The Labute approximate surface area is 137 Å². The molecule has 0 spiro atoms. The Morgan fingerprint density at radius 1 is 0.958 bits per heavy atom. The summed E-state index contributed by atoms with van der Waals surface area (Å²) in [5.41, 5.74) is 0.627. The summed E-state index contributed by atoms with van der Waals surface area (Å²) in [4.78, 5) is 24.2. The van der Waals surface area contributed by atoms with E-state index in [4.69, 9.17) is 0 Å². The summed E-state index contributed by atoms with van der Waals surface area (Å²) in [5, 5.41) is 2.27. The number of Topliss-reactive ketones (excluding diaryl/α,β-unsaturated/α-hetero) is 1. The third-order valence-corrected chi connectivity index (χ3v) is 3.79. The largest absolute Gasteiger partial charge is 0.417 e. The second-order valence-corrected chi connectivity index (χ2v) is 5.40. The zero-order valence-electron chi connectivity index (χ0n) is 13.2. The van der Waals surface area contributed by atoms with Gasteiger partial charge in [0.1, 0.15) is 0 Å². The molecule has 0 saturated heterocycles. The van der Waals surface area contributed by atoms with E-state index in [0.29, 0.717) is 5.56 Å². The Morgan fingerprint density at radius 3 is 2.25 bits per heavy atom. The molecule has 1 amide bonds. The van der Waals surface area contributed by atoms with Crippen LogP contribution in [-0.4, -0.2) is 18.2 Å². The smallest absolute Gasteiger partial charge is 0.345 e. The molecule has 3 nitrogen and oxygen atoms in total. The lowest BCUT2D eigenvalue weighted by Gasteiger charge is -2.13. The summed E-state index contributed by atoms with van der Waals surface area (Å²) in [5.74, 6) is -1.28. The number of hydrogen-bond acceptors (Lipinski definition) is 2. The zero-order chi connectivity index (χ0) is 17.9. The average molecular weight is 335 g/mol. The van der Waals surface area contributed by atoms with Crippen LogP contribution < -0.4 is 5.32 Å². The van der Waals surface area contributed by atoms with Crippen molar-refractivity contribution >= 4 is 11.7 Å². The first-order valence-corrected chi connectivity index (χ1v) is 7.25. The predicted molar refractivity (Wildman–Crippen MR) is 84.0 cm³/mol. The Hall–Kier alpha value is -2.63. The lowest BCUT2D eigenvalue weighted by Crippen LogP contribution is -2.31. The van der Waals surface area contributed by atoms with E-state index in [1.165, 1.54) is 12.1 Å². The minimum Gasteiger partial charge on any atom is -0.345 e. The molecule has 1 N–H and O–H groups in total. The maximum atomic E-state index is 12.9. The molecule has 0 aliphatic carbocycles. The molecule has 0 aromatic heterocycles. The van der Waals surface area contributed by atoms with E-state index in [-0.39, 0.29) is 12.3 Å². The third-order valence-electron chi connectivity index (χ3n) is 3.79.